The van der Waals surface area contributed by atoms with Crippen molar-refractivity contribution in [1.82, 2.24) is 20.5 Å². The second-order valence-electron chi connectivity index (χ2n) is 15.7. The number of nitrogens with one attached hydrogen (secondary N) is 2. The predicted octanol–water partition coefficient (Wildman–Crippen LogP) is 3.37. The number of Topliss-reactive ketones (excluding diaryl/α,β-unsaturated/α-hetero) is 1. The topological polar surface area (TPSA) is 173 Å². The summed E-state index contributed by atoms with van der Waals surface area (Å²) >= 11 is 0. The number of rotatable bonds is 11. The van der Waals surface area contributed by atoms with Crippen molar-refractivity contribution in [3.8, 4) is 0 Å². The molecule has 4 aliphatic rings. The van der Waals surface area contributed by atoms with Crippen LogP contribution in [-0.2, 0) is 28.8 Å². The van der Waals surface area contributed by atoms with Gasteiger partial charge in [-0.2, -0.15) is 0 Å². The number of oxime groups is 1. The molecular formula is C39H44N6O6. The molecule has 2 aromatic carbocycles. The maximum atomic E-state index is 14.7. The molecule has 7 rings (SSSR count). The van der Waals surface area contributed by atoms with E-state index in [-0.39, 0.29) is 36.6 Å². The van der Waals surface area contributed by atoms with Crippen LogP contribution in [0.4, 0.5) is 0 Å². The van der Waals surface area contributed by atoms with Crippen LogP contribution in [0.25, 0.3) is 10.9 Å². The third kappa shape index (κ3) is 7.09. The van der Waals surface area contributed by atoms with E-state index in [1.807, 2.05) is 81.4 Å². The molecule has 1 aromatic heterocycles. The Morgan fingerprint density at radius 1 is 0.980 bits per heavy atom. The molecule has 3 aromatic rings. The van der Waals surface area contributed by atoms with Gasteiger partial charge < -0.3 is 26.1 Å². The van der Waals surface area contributed by atoms with Crippen LogP contribution in [0.2, 0.25) is 0 Å². The Labute approximate surface area is 296 Å². The number of carbonyl (C=O) groups excluding carboxylic acids is 5. The van der Waals surface area contributed by atoms with Gasteiger partial charge in [0.15, 0.2) is 5.60 Å². The van der Waals surface area contributed by atoms with E-state index in [2.05, 4.69) is 20.8 Å². The van der Waals surface area contributed by atoms with Gasteiger partial charge in [-0.1, -0.05) is 93.4 Å². The summed E-state index contributed by atoms with van der Waals surface area (Å²) in [6.07, 6.45) is 4.87. The Bertz CT molecular complexity index is 1910. The number of benzene rings is 2. The number of pyridine rings is 1. The molecule has 51 heavy (non-hydrogen) atoms. The number of likely N-dealkylation sites (tertiary alicyclic amines) is 1. The minimum Gasteiger partial charge on any atom is -0.387 e. The van der Waals surface area contributed by atoms with Gasteiger partial charge in [0, 0.05) is 35.9 Å². The maximum absolute atomic E-state index is 14.7. The molecule has 1 saturated heterocycles. The van der Waals surface area contributed by atoms with Crippen molar-refractivity contribution in [2.24, 2.45) is 28.1 Å². The van der Waals surface area contributed by atoms with Gasteiger partial charge in [-0.05, 0) is 41.7 Å². The second-order valence-corrected chi connectivity index (χ2v) is 15.7. The van der Waals surface area contributed by atoms with Crippen molar-refractivity contribution < 1.29 is 28.8 Å². The molecule has 1 unspecified atom stereocenters. The molecule has 4 amide bonds. The Kier molecular flexibility index (Phi) is 8.89. The lowest BCUT2D eigenvalue weighted by Crippen LogP contribution is -2.59. The molecule has 1 spiro atoms. The quantitative estimate of drug-likeness (QED) is 0.259. The third-order valence-electron chi connectivity index (χ3n) is 10.7. The average molecular weight is 693 g/mol. The number of amides is 4. The van der Waals surface area contributed by atoms with Gasteiger partial charge in [0.05, 0.1) is 23.8 Å². The average Bonchev–Trinajstić information content (AvgIpc) is 4.04. The lowest BCUT2D eigenvalue weighted by Gasteiger charge is -2.35. The number of fused-ring (bicyclic) bond motifs is 1. The van der Waals surface area contributed by atoms with E-state index < -0.39 is 52.6 Å². The van der Waals surface area contributed by atoms with E-state index in [4.69, 9.17) is 10.6 Å². The van der Waals surface area contributed by atoms with Gasteiger partial charge in [-0.25, -0.2) is 0 Å². The third-order valence-corrected chi connectivity index (χ3v) is 10.7. The van der Waals surface area contributed by atoms with Crippen LogP contribution in [-0.4, -0.2) is 75.3 Å². The maximum Gasteiger partial charge on any atom is 0.287 e. The van der Waals surface area contributed by atoms with Gasteiger partial charge in [0.2, 0.25) is 23.5 Å². The highest BCUT2D eigenvalue weighted by atomic mass is 16.7. The van der Waals surface area contributed by atoms with E-state index in [0.717, 1.165) is 34.9 Å². The second kappa shape index (κ2) is 13.2. The molecule has 12 nitrogen and oxygen atoms in total. The first-order valence-corrected chi connectivity index (χ1v) is 17.7. The fourth-order valence-electron chi connectivity index (χ4n) is 7.59. The minimum atomic E-state index is -1.12. The van der Waals surface area contributed by atoms with E-state index in [1.54, 1.807) is 6.20 Å². The van der Waals surface area contributed by atoms with E-state index >= 15 is 0 Å². The normalized spacial score (nSPS) is 25.1. The van der Waals surface area contributed by atoms with Gasteiger partial charge in [-0.15, -0.1) is 0 Å². The SMILES string of the molecule is CC(C)(C)[C@H](NC(=O)[C@H]1C[C@@H]1c1ccccc1)C(=O)N1C[C@@]2(CC(c3cccc4cccnc34)=NO2)C[C@H]1C(=O)NC(CC1CC1)C(=O)C(N)=O. The highest BCUT2D eigenvalue weighted by Gasteiger charge is 2.56. The summed E-state index contributed by atoms with van der Waals surface area (Å²) in [5.41, 5.74) is 6.88. The van der Waals surface area contributed by atoms with Crippen molar-refractivity contribution in [2.75, 3.05) is 6.54 Å². The van der Waals surface area contributed by atoms with Crippen molar-refractivity contribution in [2.45, 2.75) is 88.9 Å². The van der Waals surface area contributed by atoms with E-state index in [9.17, 15) is 24.0 Å². The molecule has 266 valence electrons. The molecule has 0 bridgehead atoms. The lowest BCUT2D eigenvalue weighted by molar-refractivity contribution is -0.145. The van der Waals surface area contributed by atoms with Gasteiger partial charge >= 0.3 is 0 Å². The number of hydrogen-bond acceptors (Lipinski definition) is 8. The van der Waals surface area contributed by atoms with Gasteiger partial charge in [-0.3, -0.25) is 29.0 Å². The molecular weight excluding hydrogens is 648 g/mol. The van der Waals surface area contributed by atoms with Crippen LogP contribution in [0.5, 0.6) is 0 Å². The van der Waals surface area contributed by atoms with Crippen molar-refractivity contribution in [1.29, 1.82) is 0 Å². The number of nitrogens with two attached hydrogens (primary N) is 1. The summed E-state index contributed by atoms with van der Waals surface area (Å²) < 4.78 is 0. The molecule has 2 saturated carbocycles. The fraction of sp³-hybridized carbons (Fsp3) is 0.462. The summed E-state index contributed by atoms with van der Waals surface area (Å²) in [7, 11) is 0. The number of para-hydroxylation sites is 1. The number of hydrogen-bond donors (Lipinski definition) is 3. The molecule has 3 fully saturated rings. The minimum absolute atomic E-state index is 0.0185. The number of carbonyl (C=O) groups is 5. The van der Waals surface area contributed by atoms with Crippen LogP contribution in [0.15, 0.2) is 72.0 Å². The van der Waals surface area contributed by atoms with Crippen LogP contribution < -0.4 is 16.4 Å². The first-order chi connectivity index (χ1) is 24.3. The summed E-state index contributed by atoms with van der Waals surface area (Å²) in [6.45, 7) is 5.63. The van der Waals surface area contributed by atoms with Crippen molar-refractivity contribution in [3.63, 3.8) is 0 Å². The molecule has 2 aliphatic carbocycles. The Morgan fingerprint density at radius 3 is 2.43 bits per heavy atom. The van der Waals surface area contributed by atoms with E-state index in [1.165, 1.54) is 4.90 Å². The molecule has 2 aliphatic heterocycles. The summed E-state index contributed by atoms with van der Waals surface area (Å²) in [4.78, 5) is 79.5. The first-order valence-electron chi connectivity index (χ1n) is 17.7. The zero-order valence-corrected chi connectivity index (χ0v) is 29.1. The van der Waals surface area contributed by atoms with Crippen LogP contribution in [0.3, 0.4) is 0 Å². The fourth-order valence-corrected chi connectivity index (χ4v) is 7.59. The Morgan fingerprint density at radius 2 is 1.73 bits per heavy atom. The summed E-state index contributed by atoms with van der Waals surface area (Å²) in [5, 5.41) is 11.2. The number of aromatic nitrogens is 1. The van der Waals surface area contributed by atoms with Crippen LogP contribution >= 0.6 is 0 Å². The Balaban J connectivity index is 1.16. The van der Waals surface area contributed by atoms with Crippen LogP contribution in [0.1, 0.15) is 76.3 Å². The molecule has 4 N–H and O–H groups in total. The first kappa shape index (κ1) is 34.3. The summed E-state index contributed by atoms with van der Waals surface area (Å²) in [5.74, 6) is -3.21. The van der Waals surface area contributed by atoms with Crippen molar-refractivity contribution >= 4 is 46.0 Å². The standard InChI is InChI=1S/C39H44N6O6/c1-38(2,3)33(43-35(48)27-18-26(27)23-9-5-4-6-10-23)37(50)45-21-39(19-29(44-51-39)25-13-7-11-24-12-8-16-41-31(24)25)20-30(45)36(49)42-28(17-22-14-15-22)32(46)34(40)47/h4-13,16,22,26-28,30,33H,14-15,17-21H2,1-3H3,(H2,40,47)(H,42,49)(H,43,48)/t26-,27+,28?,30+,33-,39-/m1/s1. The van der Waals surface area contributed by atoms with E-state index in [0.29, 0.717) is 25.0 Å². The molecule has 6 atom stereocenters. The lowest BCUT2D eigenvalue weighted by atomic mass is 9.85. The molecule has 0 radical (unpaired) electrons. The van der Waals surface area contributed by atoms with Crippen molar-refractivity contribution in [3.05, 3.63) is 78.0 Å². The number of ketones is 1. The summed E-state index contributed by atoms with van der Waals surface area (Å²) in [6, 6.07) is 16.3. The number of primary amides is 1. The van der Waals surface area contributed by atoms with Gasteiger partial charge in [0.25, 0.3) is 5.91 Å². The molecule has 3 heterocycles. The van der Waals surface area contributed by atoms with Crippen LogP contribution in [0, 0.1) is 17.3 Å². The smallest absolute Gasteiger partial charge is 0.287 e. The Hall–Kier alpha value is -5.13. The zero-order chi connectivity index (χ0) is 36.1. The largest absolute Gasteiger partial charge is 0.387 e. The molecule has 12 heteroatoms. The predicted molar refractivity (Wildman–Crippen MR) is 189 cm³/mol. The highest BCUT2D eigenvalue weighted by molar-refractivity contribution is 6.37. The number of nitrogens with zero attached hydrogens (tertiary/aromatic N) is 3. The zero-order valence-electron chi connectivity index (χ0n) is 29.1. The van der Waals surface area contributed by atoms with Gasteiger partial charge in [0.1, 0.15) is 12.1 Å². The highest BCUT2D eigenvalue weighted by Crippen LogP contribution is 2.48. The monoisotopic (exact) mass is 692 g/mol.